The number of oxazole rings is 1. The molecule has 3 heteroatoms. The Hall–Kier alpha value is -0.830. The fraction of sp³-hybridized carbons (Fsp3) is 0.727. The molecule has 0 aromatic carbocycles. The Kier molecular flexibility index (Phi) is 2.87. The molecule has 2 N–H and O–H groups in total. The number of nitrogens with two attached hydrogens (primary N) is 1. The third kappa shape index (κ3) is 1.82. The van der Waals surface area contributed by atoms with Crippen LogP contribution in [0.15, 0.2) is 10.6 Å². The summed E-state index contributed by atoms with van der Waals surface area (Å²) < 4.78 is 5.69. The fourth-order valence-electron chi connectivity index (χ4n) is 2.30. The predicted molar refractivity (Wildman–Crippen MR) is 55.0 cm³/mol. The Bertz CT molecular complexity index is 295. The van der Waals surface area contributed by atoms with Crippen LogP contribution >= 0.6 is 0 Å². The summed E-state index contributed by atoms with van der Waals surface area (Å²) >= 11 is 0. The van der Waals surface area contributed by atoms with E-state index in [-0.39, 0.29) is 0 Å². The van der Waals surface area contributed by atoms with Gasteiger partial charge in [-0.2, -0.15) is 0 Å². The van der Waals surface area contributed by atoms with Gasteiger partial charge >= 0.3 is 0 Å². The molecule has 1 aliphatic rings. The summed E-state index contributed by atoms with van der Waals surface area (Å²) in [7, 11) is 0. The lowest BCUT2D eigenvalue weighted by Gasteiger charge is -2.10. The summed E-state index contributed by atoms with van der Waals surface area (Å²) in [5, 5.41) is 0. The fourth-order valence-corrected chi connectivity index (χ4v) is 2.30. The molecule has 3 nitrogen and oxygen atoms in total. The number of nitrogens with zero attached hydrogens (tertiary/aromatic N) is 1. The highest BCUT2D eigenvalue weighted by molar-refractivity contribution is 5.05. The van der Waals surface area contributed by atoms with Gasteiger partial charge in [-0.25, -0.2) is 4.98 Å². The molecule has 0 spiro atoms. The molecule has 1 aromatic rings. The van der Waals surface area contributed by atoms with E-state index in [0.29, 0.717) is 12.5 Å². The molecule has 0 bridgehead atoms. The van der Waals surface area contributed by atoms with Gasteiger partial charge in [-0.1, -0.05) is 13.3 Å². The number of hydrogen-bond acceptors (Lipinski definition) is 3. The molecule has 14 heavy (non-hydrogen) atoms. The summed E-state index contributed by atoms with van der Waals surface area (Å²) in [4.78, 5) is 4.24. The van der Waals surface area contributed by atoms with Crippen LogP contribution in [0, 0.1) is 5.92 Å². The van der Waals surface area contributed by atoms with Crippen molar-refractivity contribution in [1.82, 2.24) is 4.98 Å². The third-order valence-electron chi connectivity index (χ3n) is 3.16. The van der Waals surface area contributed by atoms with Gasteiger partial charge in [-0.05, 0) is 18.8 Å². The van der Waals surface area contributed by atoms with Crippen molar-refractivity contribution in [2.45, 2.75) is 38.5 Å². The highest BCUT2D eigenvalue weighted by Gasteiger charge is 2.27. The van der Waals surface area contributed by atoms with Gasteiger partial charge in [-0.15, -0.1) is 0 Å². The third-order valence-corrected chi connectivity index (χ3v) is 3.16. The van der Waals surface area contributed by atoms with Gasteiger partial charge in [0.1, 0.15) is 5.76 Å². The van der Waals surface area contributed by atoms with Crippen molar-refractivity contribution in [3.05, 3.63) is 17.8 Å². The van der Waals surface area contributed by atoms with Crippen LogP contribution in [0.3, 0.4) is 0 Å². The second kappa shape index (κ2) is 4.13. The molecule has 2 unspecified atom stereocenters. The van der Waals surface area contributed by atoms with Gasteiger partial charge in [0, 0.05) is 18.9 Å². The van der Waals surface area contributed by atoms with Gasteiger partial charge in [0.05, 0.1) is 6.20 Å². The largest absolute Gasteiger partial charge is 0.445 e. The van der Waals surface area contributed by atoms with Crippen LogP contribution in [0.25, 0.3) is 0 Å². The molecular formula is C11H18N2O. The standard InChI is InChI=1S/C11H18N2O/c1-8-3-2-4-9(8)10-7-13-11(14-10)5-6-12/h7-9H,2-6,12H2,1H3. The van der Waals surface area contributed by atoms with Gasteiger partial charge in [0.25, 0.3) is 0 Å². The minimum absolute atomic E-state index is 0.592. The van der Waals surface area contributed by atoms with E-state index in [1.807, 2.05) is 6.20 Å². The monoisotopic (exact) mass is 194 g/mol. The molecule has 78 valence electrons. The normalized spacial score (nSPS) is 27.0. The lowest BCUT2D eigenvalue weighted by molar-refractivity contribution is 0.390. The van der Waals surface area contributed by atoms with Gasteiger partial charge in [0.2, 0.25) is 0 Å². The molecule has 0 saturated heterocycles. The zero-order valence-electron chi connectivity index (χ0n) is 8.70. The quantitative estimate of drug-likeness (QED) is 0.801. The Morgan fingerprint density at radius 1 is 1.57 bits per heavy atom. The molecule has 1 saturated carbocycles. The predicted octanol–water partition coefficient (Wildman–Crippen LogP) is 2.08. The van der Waals surface area contributed by atoms with E-state index in [1.54, 1.807) is 0 Å². The SMILES string of the molecule is CC1CCCC1c1cnc(CCN)o1. The maximum Gasteiger partial charge on any atom is 0.195 e. The zero-order chi connectivity index (χ0) is 9.97. The molecule has 0 amide bonds. The van der Waals surface area contributed by atoms with E-state index in [0.717, 1.165) is 24.0 Å². The van der Waals surface area contributed by atoms with Gasteiger partial charge in [-0.3, -0.25) is 0 Å². The Morgan fingerprint density at radius 2 is 2.43 bits per heavy atom. The first kappa shape index (κ1) is 9.71. The molecule has 1 aliphatic carbocycles. The van der Waals surface area contributed by atoms with E-state index in [4.69, 9.17) is 10.2 Å². The highest BCUT2D eigenvalue weighted by atomic mass is 16.4. The maximum atomic E-state index is 5.69. The Morgan fingerprint density at radius 3 is 3.07 bits per heavy atom. The number of aromatic nitrogens is 1. The van der Waals surface area contributed by atoms with E-state index in [1.165, 1.54) is 19.3 Å². The van der Waals surface area contributed by atoms with Crippen molar-refractivity contribution in [2.24, 2.45) is 11.7 Å². The van der Waals surface area contributed by atoms with Crippen LogP contribution in [0.1, 0.15) is 43.8 Å². The average Bonchev–Trinajstić information content (AvgIpc) is 2.74. The van der Waals surface area contributed by atoms with Crippen LogP contribution in [0.4, 0.5) is 0 Å². The minimum Gasteiger partial charge on any atom is -0.445 e. The van der Waals surface area contributed by atoms with Crippen molar-refractivity contribution in [1.29, 1.82) is 0 Å². The van der Waals surface area contributed by atoms with Gasteiger partial charge in [0.15, 0.2) is 5.89 Å². The van der Waals surface area contributed by atoms with E-state index in [2.05, 4.69) is 11.9 Å². The van der Waals surface area contributed by atoms with Crippen molar-refractivity contribution in [3.63, 3.8) is 0 Å². The molecule has 1 fully saturated rings. The van der Waals surface area contributed by atoms with Crippen molar-refractivity contribution < 1.29 is 4.42 Å². The molecule has 2 rings (SSSR count). The van der Waals surface area contributed by atoms with E-state index < -0.39 is 0 Å². The topological polar surface area (TPSA) is 52.0 Å². The Labute approximate surface area is 84.7 Å². The van der Waals surface area contributed by atoms with E-state index >= 15 is 0 Å². The van der Waals surface area contributed by atoms with Crippen LogP contribution in [-0.4, -0.2) is 11.5 Å². The average molecular weight is 194 g/mol. The molecular weight excluding hydrogens is 176 g/mol. The smallest absolute Gasteiger partial charge is 0.195 e. The van der Waals surface area contributed by atoms with E-state index in [9.17, 15) is 0 Å². The molecule has 0 radical (unpaired) electrons. The molecule has 0 aliphatic heterocycles. The number of rotatable bonds is 3. The van der Waals surface area contributed by atoms with Crippen LogP contribution in [-0.2, 0) is 6.42 Å². The zero-order valence-corrected chi connectivity index (χ0v) is 8.70. The summed E-state index contributed by atoms with van der Waals surface area (Å²) in [6, 6.07) is 0. The first-order chi connectivity index (χ1) is 6.81. The highest BCUT2D eigenvalue weighted by Crippen LogP contribution is 2.39. The molecule has 2 atom stereocenters. The lowest BCUT2D eigenvalue weighted by atomic mass is 9.96. The maximum absolute atomic E-state index is 5.69. The van der Waals surface area contributed by atoms with Crippen LogP contribution < -0.4 is 5.73 Å². The number of hydrogen-bond donors (Lipinski definition) is 1. The van der Waals surface area contributed by atoms with Crippen molar-refractivity contribution in [3.8, 4) is 0 Å². The minimum atomic E-state index is 0.592. The lowest BCUT2D eigenvalue weighted by Crippen LogP contribution is -2.03. The first-order valence-corrected chi connectivity index (χ1v) is 5.46. The summed E-state index contributed by atoms with van der Waals surface area (Å²) in [6.45, 7) is 2.91. The molecule has 1 heterocycles. The van der Waals surface area contributed by atoms with Crippen LogP contribution in [0.2, 0.25) is 0 Å². The summed E-state index contributed by atoms with van der Waals surface area (Å²) in [6.07, 6.45) is 6.52. The first-order valence-electron chi connectivity index (χ1n) is 5.46. The van der Waals surface area contributed by atoms with Crippen molar-refractivity contribution in [2.75, 3.05) is 6.54 Å². The second-order valence-corrected chi connectivity index (χ2v) is 4.21. The summed E-state index contributed by atoms with van der Waals surface area (Å²) in [5.41, 5.74) is 5.45. The van der Waals surface area contributed by atoms with Crippen LogP contribution in [0.5, 0.6) is 0 Å². The molecule has 1 aromatic heterocycles. The second-order valence-electron chi connectivity index (χ2n) is 4.21. The summed E-state index contributed by atoms with van der Waals surface area (Å²) in [5.74, 6) is 3.20. The van der Waals surface area contributed by atoms with Gasteiger partial charge < -0.3 is 10.2 Å². The Balaban J connectivity index is 2.08. The van der Waals surface area contributed by atoms with Crippen molar-refractivity contribution >= 4 is 0 Å².